The molecule has 0 saturated carbocycles. The average Bonchev–Trinajstić information content (AvgIpc) is 2.68. The molecule has 0 saturated heterocycles. The molecule has 1 N–H and O–H groups in total. The molecular weight excluding hydrogens is 502 g/mol. The monoisotopic (exact) mass is 520 g/mol. The number of benzene rings is 2. The molecule has 5 nitrogen and oxygen atoms in total. The summed E-state index contributed by atoms with van der Waals surface area (Å²) >= 11 is 21.8. The molecule has 29 heavy (non-hydrogen) atoms. The lowest BCUT2D eigenvalue weighted by atomic mass is 10.1. The SMILES string of the molecule is CC[C@@H](C(=O)NC)N(Cc1c(Cl)cccc1Cl)C(=O)COc1ccc(Cl)cc1Br. The third-order valence-corrected chi connectivity index (χ3v) is 5.83. The normalized spacial score (nSPS) is 11.7. The fourth-order valence-electron chi connectivity index (χ4n) is 2.75. The van der Waals surface area contributed by atoms with Crippen molar-refractivity contribution in [3.63, 3.8) is 0 Å². The Balaban J connectivity index is 2.28. The molecule has 1 atom stereocenters. The molecule has 0 radical (unpaired) electrons. The van der Waals surface area contributed by atoms with Crippen molar-refractivity contribution in [1.29, 1.82) is 0 Å². The number of rotatable bonds is 8. The van der Waals surface area contributed by atoms with Gasteiger partial charge in [0.2, 0.25) is 5.91 Å². The highest BCUT2D eigenvalue weighted by Gasteiger charge is 2.29. The van der Waals surface area contributed by atoms with Crippen LogP contribution in [0.5, 0.6) is 5.75 Å². The van der Waals surface area contributed by atoms with Crippen LogP contribution in [0.3, 0.4) is 0 Å². The number of halogens is 4. The highest BCUT2D eigenvalue weighted by Crippen LogP contribution is 2.29. The first-order valence-corrected chi connectivity index (χ1v) is 10.7. The largest absolute Gasteiger partial charge is 0.483 e. The maximum atomic E-state index is 13.0. The van der Waals surface area contributed by atoms with Crippen molar-refractivity contribution in [3.05, 3.63) is 61.5 Å². The van der Waals surface area contributed by atoms with Crippen LogP contribution in [0.25, 0.3) is 0 Å². The van der Waals surface area contributed by atoms with E-state index in [4.69, 9.17) is 39.5 Å². The Bertz CT molecular complexity index is 875. The predicted molar refractivity (Wildman–Crippen MR) is 120 cm³/mol. The standard InChI is InChI=1S/C20H20BrCl3N2O3/c1-3-17(20(28)25-2)26(10-13-15(23)5-4-6-16(13)24)19(27)11-29-18-8-7-12(22)9-14(18)21/h4-9,17H,3,10-11H2,1-2H3,(H,25,28)/t17-/m0/s1. The maximum Gasteiger partial charge on any atom is 0.261 e. The van der Waals surface area contributed by atoms with Crippen LogP contribution in [0.4, 0.5) is 0 Å². The number of carbonyl (C=O) groups excluding carboxylic acids is 2. The zero-order valence-corrected chi connectivity index (χ0v) is 19.7. The Morgan fingerprint density at radius 3 is 2.38 bits per heavy atom. The van der Waals surface area contributed by atoms with Gasteiger partial charge in [-0.25, -0.2) is 0 Å². The Morgan fingerprint density at radius 2 is 1.83 bits per heavy atom. The lowest BCUT2D eigenvalue weighted by Crippen LogP contribution is -2.49. The molecule has 0 aromatic heterocycles. The van der Waals surface area contributed by atoms with Crippen LogP contribution in [-0.2, 0) is 16.1 Å². The molecule has 2 rings (SSSR count). The van der Waals surface area contributed by atoms with E-state index in [2.05, 4.69) is 21.2 Å². The van der Waals surface area contributed by atoms with Gasteiger partial charge >= 0.3 is 0 Å². The van der Waals surface area contributed by atoms with Crippen LogP contribution >= 0.6 is 50.7 Å². The van der Waals surface area contributed by atoms with Crippen LogP contribution < -0.4 is 10.1 Å². The van der Waals surface area contributed by atoms with Crippen molar-refractivity contribution in [2.24, 2.45) is 0 Å². The van der Waals surface area contributed by atoms with Crippen LogP contribution in [0.2, 0.25) is 15.1 Å². The number of nitrogens with one attached hydrogen (secondary N) is 1. The third-order valence-electron chi connectivity index (χ3n) is 4.27. The van der Waals surface area contributed by atoms with Crippen molar-refractivity contribution < 1.29 is 14.3 Å². The third kappa shape index (κ3) is 6.25. The Kier molecular flexibility index (Phi) is 9.08. The summed E-state index contributed by atoms with van der Waals surface area (Å²) in [6.45, 7) is 1.63. The van der Waals surface area contributed by atoms with E-state index in [1.165, 1.54) is 11.9 Å². The molecule has 2 aromatic carbocycles. The minimum Gasteiger partial charge on any atom is -0.483 e. The molecule has 0 aliphatic rings. The summed E-state index contributed by atoms with van der Waals surface area (Å²) in [7, 11) is 1.53. The second-order valence-corrected chi connectivity index (χ2v) is 8.23. The Morgan fingerprint density at radius 1 is 1.17 bits per heavy atom. The minimum atomic E-state index is -0.697. The van der Waals surface area contributed by atoms with Crippen LogP contribution in [0.1, 0.15) is 18.9 Å². The van der Waals surface area contributed by atoms with E-state index in [-0.39, 0.29) is 25.0 Å². The Hall–Kier alpha value is -1.47. The van der Waals surface area contributed by atoms with E-state index in [0.717, 1.165) is 0 Å². The molecule has 0 spiro atoms. The Labute approximate surface area is 193 Å². The van der Waals surface area contributed by atoms with E-state index in [1.54, 1.807) is 36.4 Å². The molecule has 0 heterocycles. The lowest BCUT2D eigenvalue weighted by Gasteiger charge is -2.30. The van der Waals surface area contributed by atoms with Gasteiger partial charge in [0, 0.05) is 34.2 Å². The first-order chi connectivity index (χ1) is 13.8. The highest BCUT2D eigenvalue weighted by molar-refractivity contribution is 9.10. The highest BCUT2D eigenvalue weighted by atomic mass is 79.9. The summed E-state index contributed by atoms with van der Waals surface area (Å²) in [5.74, 6) is -0.193. The minimum absolute atomic E-state index is 0.0778. The predicted octanol–water partition coefficient (Wildman–Crippen LogP) is 5.34. The first kappa shape index (κ1) is 23.8. The molecule has 0 bridgehead atoms. The summed E-state index contributed by atoms with van der Waals surface area (Å²) in [4.78, 5) is 26.8. The number of ether oxygens (including phenoxy) is 1. The van der Waals surface area contributed by atoms with Crippen LogP contribution in [0.15, 0.2) is 40.9 Å². The van der Waals surface area contributed by atoms with Gasteiger partial charge in [0.25, 0.3) is 5.91 Å². The summed E-state index contributed by atoms with van der Waals surface area (Å²) < 4.78 is 6.27. The van der Waals surface area contributed by atoms with E-state index in [9.17, 15) is 9.59 Å². The van der Waals surface area contributed by atoms with Gasteiger partial charge in [0.1, 0.15) is 11.8 Å². The number of nitrogens with zero attached hydrogens (tertiary/aromatic N) is 1. The van der Waals surface area contributed by atoms with Gasteiger partial charge in [0.05, 0.1) is 4.47 Å². The molecule has 0 aliphatic heterocycles. The van der Waals surface area contributed by atoms with E-state index in [0.29, 0.717) is 37.3 Å². The molecule has 0 fully saturated rings. The lowest BCUT2D eigenvalue weighted by molar-refractivity contribution is -0.142. The molecule has 156 valence electrons. The molecule has 2 aromatic rings. The van der Waals surface area contributed by atoms with Gasteiger partial charge in [-0.1, -0.05) is 47.8 Å². The number of hydrogen-bond acceptors (Lipinski definition) is 3. The van der Waals surface area contributed by atoms with Crippen molar-refractivity contribution >= 4 is 62.5 Å². The second kappa shape index (κ2) is 11.1. The molecular formula is C20H20BrCl3N2O3. The maximum absolute atomic E-state index is 13.0. The van der Waals surface area contributed by atoms with Crippen molar-refractivity contribution in [3.8, 4) is 5.75 Å². The molecule has 9 heteroatoms. The van der Waals surface area contributed by atoms with Crippen molar-refractivity contribution in [1.82, 2.24) is 10.2 Å². The fourth-order valence-corrected chi connectivity index (χ4v) is 4.07. The first-order valence-electron chi connectivity index (χ1n) is 8.80. The number of carbonyl (C=O) groups is 2. The smallest absolute Gasteiger partial charge is 0.261 e. The number of hydrogen-bond donors (Lipinski definition) is 1. The summed E-state index contributed by atoms with van der Waals surface area (Å²) in [6, 6.07) is 9.38. The van der Waals surface area contributed by atoms with Gasteiger partial charge in [0.15, 0.2) is 6.61 Å². The van der Waals surface area contributed by atoms with Crippen LogP contribution in [-0.4, -0.2) is 36.4 Å². The molecule has 2 amide bonds. The van der Waals surface area contributed by atoms with Gasteiger partial charge in [-0.15, -0.1) is 0 Å². The number of likely N-dealkylation sites (N-methyl/N-ethyl adjacent to an activating group) is 1. The second-order valence-electron chi connectivity index (χ2n) is 6.12. The summed E-state index contributed by atoms with van der Waals surface area (Å²) in [5, 5.41) is 3.97. The van der Waals surface area contributed by atoms with Crippen molar-refractivity contribution in [2.45, 2.75) is 25.9 Å². The van der Waals surface area contributed by atoms with Gasteiger partial charge in [-0.3, -0.25) is 9.59 Å². The van der Waals surface area contributed by atoms with Gasteiger partial charge in [-0.2, -0.15) is 0 Å². The zero-order valence-electron chi connectivity index (χ0n) is 15.8. The van der Waals surface area contributed by atoms with Gasteiger partial charge < -0.3 is 15.0 Å². The van der Waals surface area contributed by atoms with Crippen molar-refractivity contribution in [2.75, 3.05) is 13.7 Å². The molecule has 0 unspecified atom stereocenters. The van der Waals surface area contributed by atoms with E-state index >= 15 is 0 Å². The summed E-state index contributed by atoms with van der Waals surface area (Å²) in [5.41, 5.74) is 0.569. The average molecular weight is 523 g/mol. The summed E-state index contributed by atoms with van der Waals surface area (Å²) in [6.07, 6.45) is 0.415. The van der Waals surface area contributed by atoms with E-state index < -0.39 is 6.04 Å². The van der Waals surface area contributed by atoms with Crippen LogP contribution in [0, 0.1) is 0 Å². The quantitative estimate of drug-likeness (QED) is 0.509. The fraction of sp³-hybridized carbons (Fsp3) is 0.300. The van der Waals surface area contributed by atoms with E-state index in [1.807, 2.05) is 6.92 Å². The number of amides is 2. The topological polar surface area (TPSA) is 58.6 Å². The molecule has 0 aliphatic carbocycles. The zero-order chi connectivity index (χ0) is 21.6. The van der Waals surface area contributed by atoms with Gasteiger partial charge in [-0.05, 0) is 52.7 Å².